The van der Waals surface area contributed by atoms with E-state index in [1.54, 1.807) is 29.9 Å². The first-order chi connectivity index (χ1) is 15.2. The maximum Gasteiger partial charge on any atom is 0.250 e. The van der Waals surface area contributed by atoms with E-state index in [2.05, 4.69) is 27.8 Å². The van der Waals surface area contributed by atoms with Crippen LogP contribution in [0, 0.1) is 0 Å². The normalized spacial score (nSPS) is 13.4. The monoisotopic (exact) mass is 418 g/mol. The van der Waals surface area contributed by atoms with Crippen molar-refractivity contribution in [1.29, 1.82) is 0 Å². The van der Waals surface area contributed by atoms with Crippen LogP contribution in [-0.4, -0.2) is 30.8 Å². The molecule has 1 aliphatic rings. The molecule has 7 nitrogen and oxygen atoms in total. The Labute approximate surface area is 181 Å². The molecule has 0 aliphatic carbocycles. The molecule has 0 unspecified atom stereocenters. The van der Waals surface area contributed by atoms with Gasteiger partial charge < -0.3 is 24.7 Å². The molecule has 7 heteroatoms. The summed E-state index contributed by atoms with van der Waals surface area (Å²) in [7, 11) is 1.74. The number of hydrogen-bond donors (Lipinski definition) is 2. The summed E-state index contributed by atoms with van der Waals surface area (Å²) < 4.78 is 13.1. The van der Waals surface area contributed by atoms with E-state index in [1.165, 1.54) is 0 Å². The maximum atomic E-state index is 11.9. The Kier molecular flexibility index (Phi) is 6.52. The molecule has 1 aliphatic heterocycles. The second-order valence-electron chi connectivity index (χ2n) is 7.25. The van der Waals surface area contributed by atoms with Crippen LogP contribution in [0.15, 0.2) is 76.6 Å². The van der Waals surface area contributed by atoms with Gasteiger partial charge in [-0.1, -0.05) is 30.3 Å². The highest BCUT2D eigenvalue weighted by Gasteiger charge is 2.11. The molecule has 2 N–H and O–H groups in total. The highest BCUT2D eigenvalue weighted by atomic mass is 16.5. The lowest BCUT2D eigenvalue weighted by Gasteiger charge is -2.14. The highest BCUT2D eigenvalue weighted by molar-refractivity contribution is 5.93. The van der Waals surface area contributed by atoms with Gasteiger partial charge in [-0.05, 0) is 29.3 Å². The van der Waals surface area contributed by atoms with Crippen LogP contribution in [0.25, 0.3) is 0 Å². The van der Waals surface area contributed by atoms with Gasteiger partial charge >= 0.3 is 0 Å². The molecule has 0 bridgehead atoms. The second-order valence-corrected chi connectivity index (χ2v) is 7.25. The van der Waals surface area contributed by atoms with Crippen LogP contribution < -0.4 is 25.7 Å². The molecule has 1 aromatic heterocycles. The van der Waals surface area contributed by atoms with Gasteiger partial charge in [0.2, 0.25) is 0 Å². The quantitative estimate of drug-likeness (QED) is 0.491. The number of ether oxygens (including phenoxy) is 2. The SMILES string of the molecule is CN=C(NCc1ccc(Cn2ccccc2=O)cc1)Nc1ccc2c(c1)OCCCO2. The summed E-state index contributed by atoms with van der Waals surface area (Å²) in [5, 5.41) is 6.60. The summed E-state index contributed by atoms with van der Waals surface area (Å²) in [6, 6.07) is 19.1. The number of fused-ring (bicyclic) bond motifs is 1. The molecule has 2 heterocycles. The van der Waals surface area contributed by atoms with E-state index < -0.39 is 0 Å². The molecular weight excluding hydrogens is 392 g/mol. The largest absolute Gasteiger partial charge is 0.490 e. The molecule has 160 valence electrons. The summed E-state index contributed by atoms with van der Waals surface area (Å²) in [4.78, 5) is 16.2. The fraction of sp³-hybridized carbons (Fsp3) is 0.250. The van der Waals surface area contributed by atoms with Crippen molar-refractivity contribution in [3.8, 4) is 11.5 Å². The van der Waals surface area contributed by atoms with Crippen molar-refractivity contribution in [2.24, 2.45) is 4.99 Å². The number of benzene rings is 2. The Hall–Kier alpha value is -3.74. The number of hydrogen-bond acceptors (Lipinski definition) is 4. The van der Waals surface area contributed by atoms with E-state index in [9.17, 15) is 4.79 Å². The number of aromatic nitrogens is 1. The Bertz CT molecular complexity index is 1110. The van der Waals surface area contributed by atoms with Crippen molar-refractivity contribution in [3.05, 3.63) is 88.3 Å². The van der Waals surface area contributed by atoms with Crippen molar-refractivity contribution in [2.45, 2.75) is 19.5 Å². The average molecular weight is 418 g/mol. The zero-order valence-electron chi connectivity index (χ0n) is 17.5. The summed E-state index contributed by atoms with van der Waals surface area (Å²) >= 11 is 0. The maximum absolute atomic E-state index is 11.9. The fourth-order valence-electron chi connectivity index (χ4n) is 3.29. The van der Waals surface area contributed by atoms with E-state index in [0.717, 1.165) is 34.7 Å². The van der Waals surface area contributed by atoms with Crippen molar-refractivity contribution in [3.63, 3.8) is 0 Å². The number of anilines is 1. The molecule has 0 saturated heterocycles. The van der Waals surface area contributed by atoms with Gasteiger partial charge in [-0.3, -0.25) is 9.79 Å². The lowest BCUT2D eigenvalue weighted by atomic mass is 10.1. The minimum Gasteiger partial charge on any atom is -0.490 e. The van der Waals surface area contributed by atoms with E-state index in [1.807, 2.05) is 36.4 Å². The van der Waals surface area contributed by atoms with Gasteiger partial charge in [0.15, 0.2) is 17.5 Å². The summed E-state index contributed by atoms with van der Waals surface area (Å²) in [6.45, 7) is 2.50. The van der Waals surface area contributed by atoms with Crippen LogP contribution >= 0.6 is 0 Å². The van der Waals surface area contributed by atoms with Crippen LogP contribution in [0.5, 0.6) is 11.5 Å². The smallest absolute Gasteiger partial charge is 0.250 e. The Morgan fingerprint density at radius 2 is 1.77 bits per heavy atom. The molecule has 0 atom stereocenters. The highest BCUT2D eigenvalue weighted by Crippen LogP contribution is 2.32. The third-order valence-corrected chi connectivity index (χ3v) is 4.97. The Balaban J connectivity index is 1.34. The first-order valence-corrected chi connectivity index (χ1v) is 10.3. The van der Waals surface area contributed by atoms with Crippen LogP contribution in [0.2, 0.25) is 0 Å². The molecule has 3 aromatic rings. The third kappa shape index (κ3) is 5.45. The van der Waals surface area contributed by atoms with Gasteiger partial charge in [-0.2, -0.15) is 0 Å². The van der Waals surface area contributed by atoms with Gasteiger partial charge in [0.25, 0.3) is 5.56 Å². The number of aliphatic imine (C=N–C) groups is 1. The van der Waals surface area contributed by atoms with Crippen molar-refractivity contribution < 1.29 is 9.47 Å². The first-order valence-electron chi connectivity index (χ1n) is 10.3. The molecule has 0 radical (unpaired) electrons. The van der Waals surface area contributed by atoms with Gasteiger partial charge in [0.1, 0.15) is 0 Å². The minimum atomic E-state index is -0.00196. The van der Waals surface area contributed by atoms with E-state index in [0.29, 0.717) is 32.3 Å². The number of pyridine rings is 1. The molecule has 0 spiro atoms. The molecule has 4 rings (SSSR count). The molecule has 31 heavy (non-hydrogen) atoms. The predicted octanol–water partition coefficient (Wildman–Crippen LogP) is 3.25. The lowest BCUT2D eigenvalue weighted by Crippen LogP contribution is -2.30. The van der Waals surface area contributed by atoms with Crippen LogP contribution in [0.1, 0.15) is 17.5 Å². The van der Waals surface area contributed by atoms with Crippen molar-refractivity contribution in [1.82, 2.24) is 9.88 Å². The second kappa shape index (κ2) is 9.84. The first kappa shape index (κ1) is 20.5. The zero-order valence-corrected chi connectivity index (χ0v) is 17.5. The van der Waals surface area contributed by atoms with Gasteiger partial charge in [-0.15, -0.1) is 0 Å². The van der Waals surface area contributed by atoms with Crippen molar-refractivity contribution >= 4 is 11.6 Å². The fourth-order valence-corrected chi connectivity index (χ4v) is 3.29. The summed E-state index contributed by atoms with van der Waals surface area (Å²) in [5.74, 6) is 2.17. The lowest BCUT2D eigenvalue weighted by molar-refractivity contribution is 0.297. The van der Waals surface area contributed by atoms with Crippen molar-refractivity contribution in [2.75, 3.05) is 25.6 Å². The number of guanidine groups is 1. The minimum absolute atomic E-state index is 0.00196. The molecular formula is C24H26N4O3. The Morgan fingerprint density at radius 1 is 1.00 bits per heavy atom. The molecule has 0 saturated carbocycles. The van der Waals surface area contributed by atoms with Crippen LogP contribution in [0.4, 0.5) is 5.69 Å². The molecule has 2 aromatic carbocycles. The average Bonchev–Trinajstić information content (AvgIpc) is 3.04. The van der Waals surface area contributed by atoms with Crippen LogP contribution in [0.3, 0.4) is 0 Å². The van der Waals surface area contributed by atoms with E-state index in [4.69, 9.17) is 9.47 Å². The third-order valence-electron chi connectivity index (χ3n) is 4.97. The predicted molar refractivity (Wildman–Crippen MR) is 122 cm³/mol. The van der Waals surface area contributed by atoms with Gasteiger partial charge in [0, 0.05) is 44.0 Å². The Morgan fingerprint density at radius 3 is 2.55 bits per heavy atom. The summed E-state index contributed by atoms with van der Waals surface area (Å²) in [6.07, 6.45) is 2.68. The van der Waals surface area contributed by atoms with Gasteiger partial charge in [0.05, 0.1) is 19.8 Å². The number of nitrogens with one attached hydrogen (secondary N) is 2. The molecule has 0 fully saturated rings. The topological polar surface area (TPSA) is 76.9 Å². The zero-order chi connectivity index (χ0) is 21.5. The number of nitrogens with zero attached hydrogens (tertiary/aromatic N) is 2. The number of rotatable bonds is 5. The van der Waals surface area contributed by atoms with E-state index in [-0.39, 0.29) is 5.56 Å². The standard InChI is InChI=1S/C24H26N4O3/c1-25-24(27-20-10-11-21-22(15-20)31-14-4-13-30-21)26-16-18-6-8-19(9-7-18)17-28-12-3-2-5-23(28)29/h2-3,5-12,15H,4,13-14,16-17H2,1H3,(H2,25,26,27). The van der Waals surface area contributed by atoms with E-state index >= 15 is 0 Å². The van der Waals surface area contributed by atoms with Crippen LogP contribution in [-0.2, 0) is 13.1 Å². The van der Waals surface area contributed by atoms with Gasteiger partial charge in [-0.25, -0.2) is 0 Å². The molecule has 0 amide bonds. The summed E-state index contributed by atoms with van der Waals surface area (Å²) in [5.41, 5.74) is 3.07.